The summed E-state index contributed by atoms with van der Waals surface area (Å²) in [5, 5.41) is 0.374. The SMILES string of the molecule is COc1ccc(-c2ccc(S(=O)(=O)Cc3ccc(Cl)cc3C(=O)c3ccccc3)cc2)cc1. The minimum absolute atomic E-state index is 0.188. The van der Waals surface area contributed by atoms with E-state index in [9.17, 15) is 13.2 Å². The van der Waals surface area contributed by atoms with Crippen LogP contribution in [0.4, 0.5) is 0 Å². The average molecular weight is 477 g/mol. The van der Waals surface area contributed by atoms with E-state index in [1.807, 2.05) is 30.3 Å². The molecule has 6 heteroatoms. The first-order chi connectivity index (χ1) is 15.9. The van der Waals surface area contributed by atoms with Crippen LogP contribution in [0.25, 0.3) is 11.1 Å². The molecule has 0 aromatic heterocycles. The first-order valence-corrected chi connectivity index (χ1v) is 12.3. The Kier molecular flexibility index (Phi) is 6.63. The van der Waals surface area contributed by atoms with Crippen molar-refractivity contribution in [2.45, 2.75) is 10.6 Å². The Morgan fingerprint density at radius 2 is 1.42 bits per heavy atom. The van der Waals surface area contributed by atoms with E-state index in [0.29, 0.717) is 16.1 Å². The highest BCUT2D eigenvalue weighted by Gasteiger charge is 2.21. The zero-order chi connectivity index (χ0) is 23.4. The molecule has 0 aliphatic rings. The highest BCUT2D eigenvalue weighted by molar-refractivity contribution is 7.90. The Labute approximate surface area is 198 Å². The van der Waals surface area contributed by atoms with Crippen molar-refractivity contribution in [2.24, 2.45) is 0 Å². The summed E-state index contributed by atoms with van der Waals surface area (Å²) in [5.74, 6) is 0.180. The number of benzene rings is 4. The third kappa shape index (κ3) is 5.16. The minimum atomic E-state index is -3.69. The predicted octanol–water partition coefficient (Wildman–Crippen LogP) is 6.22. The molecule has 0 amide bonds. The molecule has 0 saturated carbocycles. The van der Waals surface area contributed by atoms with E-state index in [4.69, 9.17) is 16.3 Å². The molecule has 0 heterocycles. The number of halogens is 1. The molecule has 0 atom stereocenters. The Balaban J connectivity index is 1.62. The van der Waals surface area contributed by atoms with Gasteiger partial charge in [-0.1, -0.05) is 72.3 Å². The molecule has 0 aliphatic carbocycles. The van der Waals surface area contributed by atoms with Gasteiger partial charge in [0.25, 0.3) is 0 Å². The summed E-state index contributed by atoms with van der Waals surface area (Å²) in [6, 6.07) is 27.7. The van der Waals surface area contributed by atoms with Crippen LogP contribution in [0, 0.1) is 0 Å². The van der Waals surface area contributed by atoms with Gasteiger partial charge in [0.15, 0.2) is 15.6 Å². The lowest BCUT2D eigenvalue weighted by Gasteiger charge is -2.11. The Hall–Kier alpha value is -3.41. The number of ether oxygens (including phenoxy) is 1. The van der Waals surface area contributed by atoms with Crippen LogP contribution in [-0.2, 0) is 15.6 Å². The highest BCUT2D eigenvalue weighted by atomic mass is 35.5. The molecule has 4 aromatic rings. The predicted molar refractivity (Wildman–Crippen MR) is 131 cm³/mol. The van der Waals surface area contributed by atoms with E-state index in [2.05, 4.69) is 0 Å². The normalized spacial score (nSPS) is 11.2. The van der Waals surface area contributed by atoms with Gasteiger partial charge in [0.2, 0.25) is 0 Å². The largest absolute Gasteiger partial charge is 0.497 e. The van der Waals surface area contributed by atoms with Crippen LogP contribution in [0.2, 0.25) is 5.02 Å². The van der Waals surface area contributed by atoms with Gasteiger partial charge in [-0.15, -0.1) is 0 Å². The number of hydrogen-bond donors (Lipinski definition) is 0. The van der Waals surface area contributed by atoms with Crippen molar-refractivity contribution in [2.75, 3.05) is 7.11 Å². The molecule has 4 aromatic carbocycles. The van der Waals surface area contributed by atoms with Crippen molar-refractivity contribution < 1.29 is 17.9 Å². The molecule has 0 N–H and O–H groups in total. The summed E-state index contributed by atoms with van der Waals surface area (Å²) in [5.41, 5.74) is 3.01. The van der Waals surface area contributed by atoms with E-state index < -0.39 is 9.84 Å². The van der Waals surface area contributed by atoms with Crippen LogP contribution in [0.1, 0.15) is 21.5 Å². The number of methoxy groups -OCH3 is 1. The van der Waals surface area contributed by atoms with Gasteiger partial charge in [-0.25, -0.2) is 8.42 Å². The first-order valence-electron chi connectivity index (χ1n) is 10.2. The van der Waals surface area contributed by atoms with Gasteiger partial charge in [0.05, 0.1) is 17.8 Å². The lowest BCUT2D eigenvalue weighted by molar-refractivity contribution is 0.103. The van der Waals surface area contributed by atoms with Crippen molar-refractivity contribution in [3.8, 4) is 16.9 Å². The van der Waals surface area contributed by atoms with Crippen molar-refractivity contribution in [1.82, 2.24) is 0 Å². The van der Waals surface area contributed by atoms with Crippen LogP contribution in [0.15, 0.2) is 102 Å². The molecule has 0 radical (unpaired) electrons. The van der Waals surface area contributed by atoms with E-state index in [1.165, 1.54) is 6.07 Å². The smallest absolute Gasteiger partial charge is 0.193 e. The van der Waals surface area contributed by atoms with Gasteiger partial charge < -0.3 is 4.74 Å². The Bertz CT molecular complexity index is 1380. The molecule has 0 aliphatic heterocycles. The third-order valence-electron chi connectivity index (χ3n) is 5.33. The van der Waals surface area contributed by atoms with Crippen molar-refractivity contribution in [3.05, 3.63) is 119 Å². The number of carbonyl (C=O) groups is 1. The van der Waals surface area contributed by atoms with Crippen LogP contribution < -0.4 is 4.74 Å². The molecule has 0 unspecified atom stereocenters. The summed E-state index contributed by atoms with van der Waals surface area (Å²) in [6.07, 6.45) is 0. The fraction of sp³-hybridized carbons (Fsp3) is 0.0741. The maximum absolute atomic E-state index is 13.2. The van der Waals surface area contributed by atoms with Crippen molar-refractivity contribution in [1.29, 1.82) is 0 Å². The van der Waals surface area contributed by atoms with Crippen LogP contribution in [-0.4, -0.2) is 21.3 Å². The molecule has 0 spiro atoms. The second-order valence-corrected chi connectivity index (χ2v) is 9.93. The second kappa shape index (κ2) is 9.61. The van der Waals surface area contributed by atoms with Crippen LogP contribution in [0.3, 0.4) is 0 Å². The molecular weight excluding hydrogens is 456 g/mol. The van der Waals surface area contributed by atoms with Gasteiger partial charge in [-0.3, -0.25) is 4.79 Å². The maximum atomic E-state index is 13.2. The van der Waals surface area contributed by atoms with Gasteiger partial charge >= 0.3 is 0 Å². The topological polar surface area (TPSA) is 60.4 Å². The number of rotatable bonds is 7. The van der Waals surface area contributed by atoms with Gasteiger partial charge in [-0.05, 0) is 53.1 Å². The summed E-state index contributed by atoms with van der Waals surface area (Å²) in [6.45, 7) is 0. The molecular formula is C27H21ClO4S. The minimum Gasteiger partial charge on any atom is -0.497 e. The fourth-order valence-corrected chi connectivity index (χ4v) is 5.11. The Morgan fingerprint density at radius 1 is 0.818 bits per heavy atom. The summed E-state index contributed by atoms with van der Waals surface area (Å²) >= 11 is 6.12. The second-order valence-electron chi connectivity index (χ2n) is 7.51. The average Bonchev–Trinajstić information content (AvgIpc) is 2.85. The molecule has 0 bridgehead atoms. The van der Waals surface area contributed by atoms with E-state index in [-0.39, 0.29) is 22.0 Å². The van der Waals surface area contributed by atoms with Gasteiger partial charge in [0, 0.05) is 16.1 Å². The molecule has 0 saturated heterocycles. The third-order valence-corrected chi connectivity index (χ3v) is 7.25. The van der Waals surface area contributed by atoms with Crippen LogP contribution in [0.5, 0.6) is 5.75 Å². The van der Waals surface area contributed by atoms with Gasteiger partial charge in [0.1, 0.15) is 5.75 Å². The molecule has 0 fully saturated rings. The monoisotopic (exact) mass is 476 g/mol. The highest BCUT2D eigenvalue weighted by Crippen LogP contribution is 2.27. The van der Waals surface area contributed by atoms with E-state index >= 15 is 0 Å². The summed E-state index contributed by atoms with van der Waals surface area (Å²) in [4.78, 5) is 13.2. The van der Waals surface area contributed by atoms with E-state index in [1.54, 1.807) is 67.8 Å². The zero-order valence-corrected chi connectivity index (χ0v) is 19.4. The fourth-order valence-electron chi connectivity index (χ4n) is 3.56. The standard InChI is InChI=1S/C27H21ClO4S/c1-32-24-13-8-19(9-14-24)20-10-15-25(16-11-20)33(30,31)18-22-7-12-23(28)17-26(22)27(29)21-5-3-2-4-6-21/h2-17H,18H2,1H3. The number of ketones is 1. The van der Waals surface area contributed by atoms with Crippen molar-refractivity contribution >= 4 is 27.2 Å². The number of sulfone groups is 1. The summed E-state index contributed by atoms with van der Waals surface area (Å²) < 4.78 is 31.5. The van der Waals surface area contributed by atoms with Crippen LogP contribution >= 0.6 is 11.6 Å². The Morgan fingerprint density at radius 3 is 2.03 bits per heavy atom. The molecule has 33 heavy (non-hydrogen) atoms. The molecule has 166 valence electrons. The number of carbonyl (C=O) groups excluding carboxylic acids is 1. The van der Waals surface area contributed by atoms with Gasteiger partial charge in [-0.2, -0.15) is 0 Å². The lowest BCUT2D eigenvalue weighted by atomic mass is 9.99. The van der Waals surface area contributed by atoms with E-state index in [0.717, 1.165) is 16.9 Å². The number of hydrogen-bond acceptors (Lipinski definition) is 4. The quantitative estimate of drug-likeness (QED) is 0.297. The molecule has 4 rings (SSSR count). The lowest BCUT2D eigenvalue weighted by Crippen LogP contribution is -2.11. The maximum Gasteiger partial charge on any atom is 0.193 e. The summed E-state index contributed by atoms with van der Waals surface area (Å²) in [7, 11) is -2.08. The molecule has 4 nitrogen and oxygen atoms in total. The zero-order valence-electron chi connectivity index (χ0n) is 17.9. The van der Waals surface area contributed by atoms with Crippen molar-refractivity contribution in [3.63, 3.8) is 0 Å². The first kappa shape index (κ1) is 22.8.